The van der Waals surface area contributed by atoms with Gasteiger partial charge in [0.15, 0.2) is 0 Å². The Hall–Kier alpha value is -0.390. The number of hydrogen-bond acceptors (Lipinski definition) is 3. The van der Waals surface area contributed by atoms with Crippen molar-refractivity contribution in [3.63, 3.8) is 0 Å². The molecule has 0 amide bonds. The van der Waals surface area contributed by atoms with E-state index < -0.39 is 0 Å². The van der Waals surface area contributed by atoms with Crippen LogP contribution < -0.4 is 5.32 Å². The van der Waals surface area contributed by atoms with Crippen LogP contribution in [0.5, 0.6) is 0 Å². The van der Waals surface area contributed by atoms with Crippen LogP contribution in [0.25, 0.3) is 0 Å². The van der Waals surface area contributed by atoms with Gasteiger partial charge in [0, 0.05) is 12.1 Å². The predicted octanol–water partition coefficient (Wildman–Crippen LogP) is 3.05. The molecule has 19 heavy (non-hydrogen) atoms. The van der Waals surface area contributed by atoms with Gasteiger partial charge in [-0.15, -0.1) is 0 Å². The number of aryl methyl sites for hydroxylation is 1. The lowest BCUT2D eigenvalue weighted by Gasteiger charge is -2.43. The van der Waals surface area contributed by atoms with Gasteiger partial charge in [0.1, 0.15) is 0 Å². The van der Waals surface area contributed by atoms with E-state index in [-0.39, 0.29) is 11.6 Å². The third-order valence-corrected chi connectivity index (χ3v) is 4.78. The van der Waals surface area contributed by atoms with Gasteiger partial charge in [-0.1, -0.05) is 13.8 Å². The second-order valence-electron chi connectivity index (χ2n) is 5.29. The highest BCUT2D eigenvalue weighted by atomic mass is 79.9. The number of nitrogens with zero attached hydrogens (tertiary/aromatic N) is 3. The Labute approximate surface area is 125 Å². The van der Waals surface area contributed by atoms with Crippen LogP contribution in [0, 0.1) is 0 Å². The summed E-state index contributed by atoms with van der Waals surface area (Å²) in [5.74, 6) is 0. The number of aromatic nitrogens is 2. The molecule has 0 radical (unpaired) electrons. The van der Waals surface area contributed by atoms with Gasteiger partial charge < -0.3 is 10.2 Å². The minimum Gasteiger partial charge on any atom is -0.307 e. The zero-order chi connectivity index (χ0) is 14.6. The fourth-order valence-electron chi connectivity index (χ4n) is 2.50. The largest absolute Gasteiger partial charge is 0.307 e. The van der Waals surface area contributed by atoms with Gasteiger partial charge in [0.25, 0.3) is 0 Å². The molecule has 0 aromatic carbocycles. The molecular formula is C14H27BrN4. The van der Waals surface area contributed by atoms with Crippen molar-refractivity contribution < 1.29 is 0 Å². The number of likely N-dealkylation sites (N-methyl/N-ethyl adjacent to an activating group) is 2. The molecule has 110 valence electrons. The smallest absolute Gasteiger partial charge is 0.0714 e. The Balaban J connectivity index is 3.30. The van der Waals surface area contributed by atoms with Crippen LogP contribution in [0.4, 0.5) is 0 Å². The van der Waals surface area contributed by atoms with E-state index in [2.05, 4.69) is 77.7 Å². The zero-order valence-electron chi connectivity index (χ0n) is 13.0. The molecule has 0 aliphatic carbocycles. The summed E-state index contributed by atoms with van der Waals surface area (Å²) in [5, 5.41) is 8.10. The van der Waals surface area contributed by atoms with Gasteiger partial charge in [-0.05, 0) is 56.8 Å². The van der Waals surface area contributed by atoms with E-state index in [4.69, 9.17) is 0 Å². The molecule has 1 aromatic heterocycles. The molecule has 2 atom stereocenters. The third-order valence-electron chi connectivity index (χ3n) is 4.17. The molecule has 0 spiro atoms. The lowest BCUT2D eigenvalue weighted by molar-refractivity contribution is 0.109. The Morgan fingerprint density at radius 2 is 2.05 bits per heavy atom. The van der Waals surface area contributed by atoms with Crippen molar-refractivity contribution in [1.82, 2.24) is 20.0 Å². The summed E-state index contributed by atoms with van der Waals surface area (Å²) in [7, 11) is 4.29. The maximum atomic E-state index is 4.46. The second-order valence-corrected chi connectivity index (χ2v) is 6.14. The average molecular weight is 331 g/mol. The first-order chi connectivity index (χ1) is 8.92. The van der Waals surface area contributed by atoms with Gasteiger partial charge >= 0.3 is 0 Å². The Bertz CT molecular complexity index is 402. The van der Waals surface area contributed by atoms with Gasteiger partial charge in [0.2, 0.25) is 0 Å². The van der Waals surface area contributed by atoms with Crippen LogP contribution in [-0.2, 0) is 6.54 Å². The topological polar surface area (TPSA) is 33.1 Å². The fourth-order valence-corrected chi connectivity index (χ4v) is 3.03. The molecule has 5 heteroatoms. The van der Waals surface area contributed by atoms with E-state index in [0.29, 0.717) is 0 Å². The van der Waals surface area contributed by atoms with Gasteiger partial charge in [-0.25, -0.2) is 0 Å². The lowest BCUT2D eigenvalue weighted by atomic mass is 9.85. The lowest BCUT2D eigenvalue weighted by Crippen LogP contribution is -2.52. The first-order valence-electron chi connectivity index (χ1n) is 7.04. The number of rotatable bonds is 7. The predicted molar refractivity (Wildman–Crippen MR) is 84.4 cm³/mol. The van der Waals surface area contributed by atoms with Crippen molar-refractivity contribution in [3.05, 3.63) is 16.4 Å². The molecule has 0 saturated heterocycles. The maximum absolute atomic E-state index is 4.46. The van der Waals surface area contributed by atoms with E-state index in [1.165, 1.54) is 5.69 Å². The van der Waals surface area contributed by atoms with Crippen LogP contribution >= 0.6 is 15.9 Å². The molecule has 0 bridgehead atoms. The second kappa shape index (κ2) is 6.86. The number of hydrogen-bond donors (Lipinski definition) is 1. The van der Waals surface area contributed by atoms with Gasteiger partial charge in [-0.2, -0.15) is 5.10 Å². The van der Waals surface area contributed by atoms with E-state index in [0.717, 1.165) is 24.0 Å². The van der Waals surface area contributed by atoms with E-state index in [9.17, 15) is 0 Å². The van der Waals surface area contributed by atoms with E-state index in [1.807, 2.05) is 6.20 Å². The monoisotopic (exact) mass is 330 g/mol. The van der Waals surface area contributed by atoms with Crippen molar-refractivity contribution in [2.75, 3.05) is 20.6 Å². The van der Waals surface area contributed by atoms with Crippen LogP contribution in [0.3, 0.4) is 0 Å². The maximum Gasteiger partial charge on any atom is 0.0714 e. The minimum absolute atomic E-state index is 0.0471. The average Bonchev–Trinajstić information content (AvgIpc) is 2.75. The molecule has 1 rings (SSSR count). The van der Waals surface area contributed by atoms with E-state index >= 15 is 0 Å². The highest BCUT2D eigenvalue weighted by Crippen LogP contribution is 2.36. The standard InChI is InChI=1S/C14H27BrN4/c1-7-14(4,18(5)6)13(16-8-2)12-11(15)10-17-19(12)9-3/h10,13,16H,7-9H2,1-6H3. The summed E-state index contributed by atoms with van der Waals surface area (Å²) in [5.41, 5.74) is 1.29. The zero-order valence-corrected chi connectivity index (χ0v) is 14.6. The molecule has 1 N–H and O–H groups in total. The summed E-state index contributed by atoms with van der Waals surface area (Å²) in [6.45, 7) is 10.7. The normalized spacial score (nSPS) is 16.6. The summed E-state index contributed by atoms with van der Waals surface area (Å²) < 4.78 is 3.16. The number of halogens is 1. The van der Waals surface area contributed by atoms with Gasteiger partial charge in [0.05, 0.1) is 22.4 Å². The first kappa shape index (κ1) is 16.7. The van der Waals surface area contributed by atoms with Gasteiger partial charge in [-0.3, -0.25) is 4.68 Å². The quantitative estimate of drug-likeness (QED) is 0.834. The Morgan fingerprint density at radius 1 is 1.42 bits per heavy atom. The highest BCUT2D eigenvalue weighted by molar-refractivity contribution is 9.10. The molecule has 0 aliphatic rings. The molecule has 1 aromatic rings. The van der Waals surface area contributed by atoms with Crippen molar-refractivity contribution in [2.45, 2.75) is 52.2 Å². The SMILES string of the molecule is CCNC(c1c(Br)cnn1CC)C(C)(CC)N(C)C. The number of nitrogens with one attached hydrogen (secondary N) is 1. The molecule has 0 saturated carbocycles. The summed E-state index contributed by atoms with van der Waals surface area (Å²) in [4.78, 5) is 2.31. The van der Waals surface area contributed by atoms with Crippen LogP contribution in [0.15, 0.2) is 10.7 Å². The highest BCUT2D eigenvalue weighted by Gasteiger charge is 2.38. The van der Waals surface area contributed by atoms with Crippen molar-refractivity contribution >= 4 is 15.9 Å². The van der Waals surface area contributed by atoms with Crippen LogP contribution in [-0.4, -0.2) is 40.9 Å². The minimum atomic E-state index is 0.0471. The summed E-state index contributed by atoms with van der Waals surface area (Å²) in [6, 6.07) is 0.245. The van der Waals surface area contributed by atoms with Crippen molar-refractivity contribution in [1.29, 1.82) is 0 Å². The van der Waals surface area contributed by atoms with Crippen molar-refractivity contribution in [2.24, 2.45) is 0 Å². The molecule has 2 unspecified atom stereocenters. The molecule has 0 aliphatic heterocycles. The van der Waals surface area contributed by atoms with Crippen LogP contribution in [0.2, 0.25) is 0 Å². The molecular weight excluding hydrogens is 304 g/mol. The summed E-state index contributed by atoms with van der Waals surface area (Å²) >= 11 is 3.66. The van der Waals surface area contributed by atoms with E-state index in [1.54, 1.807) is 0 Å². The molecule has 4 nitrogen and oxygen atoms in total. The fraction of sp³-hybridized carbons (Fsp3) is 0.786. The van der Waals surface area contributed by atoms with Crippen molar-refractivity contribution in [3.8, 4) is 0 Å². The summed E-state index contributed by atoms with van der Waals surface area (Å²) in [6.07, 6.45) is 2.97. The Morgan fingerprint density at radius 3 is 2.47 bits per heavy atom. The Kier molecular flexibility index (Phi) is 6.02. The molecule has 0 fully saturated rings. The third kappa shape index (κ3) is 3.20. The first-order valence-corrected chi connectivity index (χ1v) is 7.83. The van der Waals surface area contributed by atoms with Crippen LogP contribution in [0.1, 0.15) is 45.9 Å². The molecule has 1 heterocycles.